The first-order chi connectivity index (χ1) is 22.3. The summed E-state index contributed by atoms with van der Waals surface area (Å²) in [6.07, 6.45) is 0. The quantitative estimate of drug-likeness (QED) is 0.140. The van der Waals surface area contributed by atoms with E-state index in [-0.39, 0.29) is 0 Å². The van der Waals surface area contributed by atoms with Crippen LogP contribution in [0.4, 0.5) is 0 Å². The smallest absolute Gasteiger partial charge is 0.0361 e. The van der Waals surface area contributed by atoms with E-state index in [1.165, 1.54) is 96.3 Å². The van der Waals surface area contributed by atoms with Crippen LogP contribution in [0.25, 0.3) is 96.3 Å². The summed E-state index contributed by atoms with van der Waals surface area (Å²) in [6.45, 7) is 0. The number of hydrogen-bond donors (Lipinski definition) is 0. The molecule has 208 valence electrons. The van der Waals surface area contributed by atoms with Crippen LogP contribution in [0.3, 0.4) is 0 Å². The van der Waals surface area contributed by atoms with E-state index in [2.05, 4.69) is 158 Å². The molecule has 0 aliphatic carbocycles. The van der Waals surface area contributed by atoms with Crippen LogP contribution in [-0.2, 0) is 0 Å². The maximum atomic E-state index is 2.43. The minimum atomic E-state index is 1.26. The predicted octanol–water partition coefficient (Wildman–Crippen LogP) is 13.2. The Kier molecular flexibility index (Phi) is 5.25. The Bertz CT molecular complexity index is 2760. The second kappa shape index (κ2) is 9.50. The van der Waals surface area contributed by atoms with Crippen LogP contribution < -0.4 is 0 Å². The van der Waals surface area contributed by atoms with E-state index >= 15 is 0 Å². The zero-order valence-corrected chi connectivity index (χ0v) is 25.2. The normalized spacial score (nSPS) is 12.0. The second-order valence-electron chi connectivity index (χ2n) is 12.0. The summed E-state index contributed by atoms with van der Waals surface area (Å²) < 4.78 is 2.67. The van der Waals surface area contributed by atoms with E-state index < -0.39 is 0 Å². The maximum absolute atomic E-state index is 2.43. The van der Waals surface area contributed by atoms with Gasteiger partial charge in [0, 0.05) is 20.2 Å². The summed E-state index contributed by atoms with van der Waals surface area (Å²) in [5.41, 5.74) is 5.16. The van der Waals surface area contributed by atoms with Gasteiger partial charge in [0.1, 0.15) is 0 Å². The third-order valence-corrected chi connectivity index (χ3v) is 10.7. The van der Waals surface area contributed by atoms with Crippen LogP contribution in [-0.4, -0.2) is 0 Å². The van der Waals surface area contributed by atoms with Crippen molar-refractivity contribution in [3.8, 4) is 22.3 Å². The zero-order valence-electron chi connectivity index (χ0n) is 24.4. The van der Waals surface area contributed by atoms with Crippen LogP contribution in [0.2, 0.25) is 0 Å². The molecule has 0 unspecified atom stereocenters. The third-order valence-electron chi connectivity index (χ3n) is 9.60. The number of thiophene rings is 1. The standard InChI is InChI=1S/C44H26S/c1-2-12-28-26-42-39(23-27(28)11-1)38-25-30(21-22-41(38)45-42)43-34-17-7-9-19-36(34)44(37-20-10-8-18-35(37)43)40-24-29-13-3-4-14-31(29)32-15-5-6-16-33(32)40/h1-26H. The molecule has 0 N–H and O–H groups in total. The Morgan fingerprint density at radius 1 is 0.289 bits per heavy atom. The number of fused-ring (bicyclic) bond motifs is 9. The van der Waals surface area contributed by atoms with E-state index in [0.717, 1.165) is 0 Å². The zero-order chi connectivity index (χ0) is 29.5. The fourth-order valence-electron chi connectivity index (χ4n) is 7.61. The maximum Gasteiger partial charge on any atom is 0.0361 e. The molecule has 10 aromatic rings. The lowest BCUT2D eigenvalue weighted by atomic mass is 9.83. The minimum absolute atomic E-state index is 1.26. The molecule has 0 saturated heterocycles. The molecule has 1 aromatic heterocycles. The molecule has 0 saturated carbocycles. The number of rotatable bonds is 2. The SMILES string of the molecule is c1ccc2cc3c(cc2c1)sc1ccc(-c2c4ccccc4c(-c4cc5ccccc5c5ccccc45)c4ccccc24)cc13. The highest BCUT2D eigenvalue weighted by molar-refractivity contribution is 7.25. The summed E-state index contributed by atoms with van der Waals surface area (Å²) in [6, 6.07) is 58.6. The molecule has 0 fully saturated rings. The predicted molar refractivity (Wildman–Crippen MR) is 198 cm³/mol. The van der Waals surface area contributed by atoms with E-state index in [4.69, 9.17) is 0 Å². The Hall–Kier alpha value is -5.50. The van der Waals surface area contributed by atoms with Gasteiger partial charge in [-0.15, -0.1) is 11.3 Å². The Balaban J connectivity index is 1.32. The van der Waals surface area contributed by atoms with Crippen molar-refractivity contribution in [3.05, 3.63) is 158 Å². The minimum Gasteiger partial charge on any atom is -0.135 e. The summed E-state index contributed by atoms with van der Waals surface area (Å²) in [5, 5.41) is 15.5. The van der Waals surface area contributed by atoms with Gasteiger partial charge in [-0.1, -0.05) is 127 Å². The van der Waals surface area contributed by atoms with Crippen LogP contribution in [0.15, 0.2) is 158 Å². The van der Waals surface area contributed by atoms with Gasteiger partial charge in [-0.25, -0.2) is 0 Å². The van der Waals surface area contributed by atoms with Gasteiger partial charge in [0.15, 0.2) is 0 Å². The molecule has 0 aliphatic heterocycles. The monoisotopic (exact) mass is 586 g/mol. The van der Waals surface area contributed by atoms with E-state index in [9.17, 15) is 0 Å². The molecule has 45 heavy (non-hydrogen) atoms. The van der Waals surface area contributed by atoms with Gasteiger partial charge in [-0.2, -0.15) is 0 Å². The van der Waals surface area contributed by atoms with Crippen molar-refractivity contribution in [3.63, 3.8) is 0 Å². The Morgan fingerprint density at radius 2 is 0.800 bits per heavy atom. The molecule has 0 aliphatic rings. The highest BCUT2D eigenvalue weighted by Crippen LogP contribution is 2.47. The fourth-order valence-corrected chi connectivity index (χ4v) is 8.73. The molecule has 0 amide bonds. The van der Waals surface area contributed by atoms with Crippen molar-refractivity contribution in [2.45, 2.75) is 0 Å². The van der Waals surface area contributed by atoms with Crippen LogP contribution >= 0.6 is 11.3 Å². The first kappa shape index (κ1) is 24.9. The molecule has 1 heteroatoms. The average Bonchev–Trinajstić information content (AvgIpc) is 3.45. The van der Waals surface area contributed by atoms with Crippen molar-refractivity contribution in [2.24, 2.45) is 0 Å². The first-order valence-corrected chi connectivity index (χ1v) is 16.3. The van der Waals surface area contributed by atoms with E-state index in [1.54, 1.807) is 0 Å². The molecule has 0 bridgehead atoms. The first-order valence-electron chi connectivity index (χ1n) is 15.5. The van der Waals surface area contributed by atoms with Crippen molar-refractivity contribution in [1.29, 1.82) is 0 Å². The van der Waals surface area contributed by atoms with Gasteiger partial charge in [0.25, 0.3) is 0 Å². The molecular weight excluding hydrogens is 561 g/mol. The average molecular weight is 587 g/mol. The largest absolute Gasteiger partial charge is 0.135 e. The highest BCUT2D eigenvalue weighted by Gasteiger charge is 2.19. The lowest BCUT2D eigenvalue weighted by Crippen LogP contribution is -1.92. The van der Waals surface area contributed by atoms with Crippen molar-refractivity contribution in [2.75, 3.05) is 0 Å². The third kappa shape index (κ3) is 3.65. The molecular formula is C44H26S. The summed E-state index contributed by atoms with van der Waals surface area (Å²) in [5.74, 6) is 0. The summed E-state index contributed by atoms with van der Waals surface area (Å²) in [7, 11) is 0. The molecule has 9 aromatic carbocycles. The number of benzene rings is 9. The lowest BCUT2D eigenvalue weighted by Gasteiger charge is -2.19. The highest BCUT2D eigenvalue weighted by atomic mass is 32.1. The van der Waals surface area contributed by atoms with Gasteiger partial charge < -0.3 is 0 Å². The summed E-state index contributed by atoms with van der Waals surface area (Å²) >= 11 is 1.89. The lowest BCUT2D eigenvalue weighted by molar-refractivity contribution is 1.70. The molecule has 10 rings (SSSR count). The van der Waals surface area contributed by atoms with E-state index in [1.807, 2.05) is 11.3 Å². The molecule has 0 nitrogen and oxygen atoms in total. The van der Waals surface area contributed by atoms with Gasteiger partial charge in [0.2, 0.25) is 0 Å². The molecule has 0 spiro atoms. The topological polar surface area (TPSA) is 0 Å². The van der Waals surface area contributed by atoms with E-state index in [0.29, 0.717) is 0 Å². The molecule has 0 atom stereocenters. The second-order valence-corrected chi connectivity index (χ2v) is 13.1. The van der Waals surface area contributed by atoms with Crippen LogP contribution in [0.5, 0.6) is 0 Å². The van der Waals surface area contributed by atoms with Crippen molar-refractivity contribution >= 4 is 85.4 Å². The number of hydrogen-bond acceptors (Lipinski definition) is 1. The van der Waals surface area contributed by atoms with Gasteiger partial charge >= 0.3 is 0 Å². The Morgan fingerprint density at radius 3 is 1.49 bits per heavy atom. The van der Waals surface area contributed by atoms with Crippen molar-refractivity contribution < 1.29 is 0 Å². The van der Waals surface area contributed by atoms with Crippen LogP contribution in [0, 0.1) is 0 Å². The molecule has 0 radical (unpaired) electrons. The Labute approximate surface area is 264 Å². The van der Waals surface area contributed by atoms with Gasteiger partial charge in [-0.3, -0.25) is 0 Å². The van der Waals surface area contributed by atoms with Crippen molar-refractivity contribution in [1.82, 2.24) is 0 Å². The van der Waals surface area contributed by atoms with Gasteiger partial charge in [0.05, 0.1) is 0 Å². The summed E-state index contributed by atoms with van der Waals surface area (Å²) in [4.78, 5) is 0. The molecule has 1 heterocycles. The van der Waals surface area contributed by atoms with Gasteiger partial charge in [-0.05, 0) is 106 Å². The fraction of sp³-hybridized carbons (Fsp3) is 0. The van der Waals surface area contributed by atoms with Crippen LogP contribution in [0.1, 0.15) is 0 Å².